The van der Waals surface area contributed by atoms with Crippen molar-refractivity contribution in [2.24, 2.45) is 11.3 Å². The quantitative estimate of drug-likeness (QED) is 0.816. The van der Waals surface area contributed by atoms with E-state index in [2.05, 4.69) is 57.5 Å². The molecule has 0 N–H and O–H groups in total. The number of benzene rings is 1. The monoisotopic (exact) mass is 267 g/mol. The molecule has 18 heavy (non-hydrogen) atoms. The molecule has 1 unspecified atom stereocenters. The molecule has 0 aliphatic heterocycles. The Morgan fingerprint density at radius 1 is 1.22 bits per heavy atom. The van der Waals surface area contributed by atoms with E-state index in [1.54, 1.807) is 7.11 Å². The van der Waals surface area contributed by atoms with Gasteiger partial charge >= 0.3 is 0 Å². The SMILES string of the molecule is COc1ccc(N(C)CC(CS)C(C)(C)C)cc1. The number of thiol groups is 1. The molecular formula is C15H25NOS. The van der Waals surface area contributed by atoms with Crippen LogP contribution in [0, 0.1) is 11.3 Å². The van der Waals surface area contributed by atoms with Crippen molar-refractivity contribution in [3.05, 3.63) is 24.3 Å². The summed E-state index contributed by atoms with van der Waals surface area (Å²) in [5.74, 6) is 2.37. The molecule has 1 aromatic carbocycles. The van der Waals surface area contributed by atoms with E-state index >= 15 is 0 Å². The molecule has 1 rings (SSSR count). The molecular weight excluding hydrogens is 242 g/mol. The third kappa shape index (κ3) is 4.13. The van der Waals surface area contributed by atoms with Gasteiger partial charge in [0.2, 0.25) is 0 Å². The molecule has 0 aromatic heterocycles. The van der Waals surface area contributed by atoms with Gasteiger partial charge < -0.3 is 9.64 Å². The molecule has 0 aliphatic rings. The predicted molar refractivity (Wildman–Crippen MR) is 83.1 cm³/mol. The summed E-state index contributed by atoms with van der Waals surface area (Å²) in [4.78, 5) is 2.28. The van der Waals surface area contributed by atoms with Crippen molar-refractivity contribution >= 4 is 18.3 Å². The summed E-state index contributed by atoms with van der Waals surface area (Å²) < 4.78 is 5.17. The van der Waals surface area contributed by atoms with Crippen LogP contribution in [0.5, 0.6) is 5.75 Å². The Balaban J connectivity index is 2.71. The summed E-state index contributed by atoms with van der Waals surface area (Å²) >= 11 is 4.48. The molecule has 0 saturated heterocycles. The number of hydrogen-bond acceptors (Lipinski definition) is 3. The first kappa shape index (κ1) is 15.2. The van der Waals surface area contributed by atoms with E-state index < -0.39 is 0 Å². The molecule has 2 nitrogen and oxygen atoms in total. The van der Waals surface area contributed by atoms with Crippen molar-refractivity contribution in [1.29, 1.82) is 0 Å². The van der Waals surface area contributed by atoms with Crippen molar-refractivity contribution in [2.45, 2.75) is 20.8 Å². The zero-order chi connectivity index (χ0) is 13.8. The van der Waals surface area contributed by atoms with Crippen molar-refractivity contribution in [3.8, 4) is 5.75 Å². The van der Waals surface area contributed by atoms with Crippen LogP contribution in [0.15, 0.2) is 24.3 Å². The predicted octanol–water partition coefficient (Wildman–Crippen LogP) is 3.72. The van der Waals surface area contributed by atoms with Crippen LogP contribution >= 0.6 is 12.6 Å². The average molecular weight is 267 g/mol. The fraction of sp³-hybridized carbons (Fsp3) is 0.600. The van der Waals surface area contributed by atoms with E-state index in [9.17, 15) is 0 Å². The molecule has 0 radical (unpaired) electrons. The highest BCUT2D eigenvalue weighted by Gasteiger charge is 2.24. The third-order valence-electron chi connectivity index (χ3n) is 3.45. The first-order valence-corrected chi connectivity index (χ1v) is 6.97. The molecule has 1 aromatic rings. The highest BCUT2D eigenvalue weighted by Crippen LogP contribution is 2.29. The maximum Gasteiger partial charge on any atom is 0.119 e. The first-order chi connectivity index (χ1) is 8.38. The van der Waals surface area contributed by atoms with Gasteiger partial charge in [0.15, 0.2) is 0 Å². The van der Waals surface area contributed by atoms with E-state index in [1.165, 1.54) is 5.69 Å². The van der Waals surface area contributed by atoms with Crippen LogP contribution in [0.25, 0.3) is 0 Å². The maximum absolute atomic E-state index is 5.17. The summed E-state index contributed by atoms with van der Waals surface area (Å²) in [6.07, 6.45) is 0. The van der Waals surface area contributed by atoms with E-state index in [1.807, 2.05) is 12.1 Å². The molecule has 102 valence electrons. The molecule has 0 amide bonds. The highest BCUT2D eigenvalue weighted by molar-refractivity contribution is 7.80. The van der Waals surface area contributed by atoms with Gasteiger partial charge in [-0.25, -0.2) is 0 Å². The van der Waals surface area contributed by atoms with Crippen molar-refractivity contribution in [2.75, 3.05) is 31.4 Å². The Morgan fingerprint density at radius 3 is 2.17 bits per heavy atom. The standard InChI is InChI=1S/C15H25NOS/c1-15(2,3)12(11-18)10-16(4)13-6-8-14(17-5)9-7-13/h6-9,12,18H,10-11H2,1-5H3. The minimum atomic E-state index is 0.280. The second-order valence-electron chi connectivity index (χ2n) is 5.82. The average Bonchev–Trinajstić information content (AvgIpc) is 2.34. The van der Waals surface area contributed by atoms with Gasteiger partial charge in [0.25, 0.3) is 0 Å². The lowest BCUT2D eigenvalue weighted by Crippen LogP contribution is -2.34. The minimum Gasteiger partial charge on any atom is -0.497 e. The van der Waals surface area contributed by atoms with Crippen LogP contribution in [0.4, 0.5) is 5.69 Å². The molecule has 0 saturated carbocycles. The second-order valence-corrected chi connectivity index (χ2v) is 6.19. The molecule has 0 fully saturated rings. The third-order valence-corrected chi connectivity index (χ3v) is 3.89. The number of anilines is 1. The van der Waals surface area contributed by atoms with Crippen molar-refractivity contribution < 1.29 is 4.74 Å². The van der Waals surface area contributed by atoms with Crippen LogP contribution < -0.4 is 9.64 Å². The van der Waals surface area contributed by atoms with Crippen molar-refractivity contribution in [3.63, 3.8) is 0 Å². The number of ether oxygens (including phenoxy) is 1. The van der Waals surface area contributed by atoms with E-state index in [-0.39, 0.29) is 5.41 Å². The maximum atomic E-state index is 5.17. The molecule has 0 bridgehead atoms. The van der Waals surface area contributed by atoms with Crippen LogP contribution in [0.2, 0.25) is 0 Å². The fourth-order valence-electron chi connectivity index (χ4n) is 1.88. The summed E-state index contributed by atoms with van der Waals surface area (Å²) in [7, 11) is 3.82. The zero-order valence-electron chi connectivity index (χ0n) is 12.1. The normalized spacial score (nSPS) is 13.2. The largest absolute Gasteiger partial charge is 0.497 e. The second kappa shape index (κ2) is 6.37. The van der Waals surface area contributed by atoms with Crippen molar-refractivity contribution in [1.82, 2.24) is 0 Å². The van der Waals surface area contributed by atoms with Crippen LogP contribution in [0.1, 0.15) is 20.8 Å². The van der Waals surface area contributed by atoms with Crippen LogP contribution in [0.3, 0.4) is 0 Å². The van der Waals surface area contributed by atoms with Gasteiger partial charge in [0.05, 0.1) is 7.11 Å². The van der Waals surface area contributed by atoms with Gasteiger partial charge in [-0.1, -0.05) is 20.8 Å². The number of nitrogens with zero attached hydrogens (tertiary/aromatic N) is 1. The van der Waals surface area contributed by atoms with Crippen LogP contribution in [-0.4, -0.2) is 26.5 Å². The molecule has 0 heterocycles. The van der Waals surface area contributed by atoms with Gasteiger partial charge in [-0.05, 0) is 41.4 Å². The lowest BCUT2D eigenvalue weighted by atomic mass is 9.81. The summed E-state index contributed by atoms with van der Waals surface area (Å²) in [5.41, 5.74) is 1.49. The highest BCUT2D eigenvalue weighted by atomic mass is 32.1. The van der Waals surface area contributed by atoms with Gasteiger partial charge in [0, 0.05) is 19.3 Å². The van der Waals surface area contributed by atoms with Crippen LogP contribution in [-0.2, 0) is 0 Å². The lowest BCUT2D eigenvalue weighted by molar-refractivity contribution is 0.272. The first-order valence-electron chi connectivity index (χ1n) is 6.34. The lowest BCUT2D eigenvalue weighted by Gasteiger charge is -2.34. The number of hydrogen-bond donors (Lipinski definition) is 1. The Morgan fingerprint density at radius 2 is 1.78 bits per heavy atom. The molecule has 1 atom stereocenters. The van der Waals surface area contributed by atoms with Gasteiger partial charge in [-0.3, -0.25) is 0 Å². The Kier molecular flexibility index (Phi) is 5.39. The molecule has 0 aliphatic carbocycles. The zero-order valence-corrected chi connectivity index (χ0v) is 13.0. The Bertz CT molecular complexity index is 356. The minimum absolute atomic E-state index is 0.280. The molecule has 3 heteroatoms. The topological polar surface area (TPSA) is 12.5 Å². The van der Waals surface area contributed by atoms with E-state index in [0.717, 1.165) is 18.0 Å². The number of methoxy groups -OCH3 is 1. The number of rotatable bonds is 5. The van der Waals surface area contributed by atoms with Gasteiger partial charge in [0.1, 0.15) is 5.75 Å². The van der Waals surface area contributed by atoms with E-state index in [0.29, 0.717) is 5.92 Å². The smallest absolute Gasteiger partial charge is 0.119 e. The summed E-state index contributed by atoms with van der Waals surface area (Å²) in [5, 5.41) is 0. The Hall–Kier alpha value is -0.830. The summed E-state index contributed by atoms with van der Waals surface area (Å²) in [6.45, 7) is 7.83. The fourth-order valence-corrected chi connectivity index (χ4v) is 2.54. The summed E-state index contributed by atoms with van der Waals surface area (Å²) in [6, 6.07) is 8.19. The van der Waals surface area contributed by atoms with Gasteiger partial charge in [-0.15, -0.1) is 0 Å². The van der Waals surface area contributed by atoms with E-state index in [4.69, 9.17) is 4.74 Å². The molecule has 0 spiro atoms. The van der Waals surface area contributed by atoms with Gasteiger partial charge in [-0.2, -0.15) is 12.6 Å². The Labute approximate surface area is 117 Å².